The average Bonchev–Trinajstić information content (AvgIpc) is 2.39. The molecule has 0 bridgehead atoms. The van der Waals surface area contributed by atoms with Gasteiger partial charge in [0.15, 0.2) is 0 Å². The molecule has 0 saturated carbocycles. The summed E-state index contributed by atoms with van der Waals surface area (Å²) in [5, 5.41) is 13.4. The number of hydrogen-bond acceptors (Lipinski definition) is 3. The summed E-state index contributed by atoms with van der Waals surface area (Å²) in [4.78, 5) is 3.94. The first-order valence-electron chi connectivity index (χ1n) is 6.20. The number of hydrogen-bond donors (Lipinski definition) is 2. The molecule has 17 heavy (non-hydrogen) atoms. The Labute approximate surface area is 104 Å². The van der Waals surface area contributed by atoms with Crippen LogP contribution in [0.4, 0.5) is 0 Å². The smallest absolute Gasteiger partial charge is 0.0915 e. The Balaban J connectivity index is 2.36. The van der Waals surface area contributed by atoms with Gasteiger partial charge in [-0.15, -0.1) is 6.58 Å². The van der Waals surface area contributed by atoms with Gasteiger partial charge in [0.05, 0.1) is 6.10 Å². The largest absolute Gasteiger partial charge is 0.387 e. The van der Waals surface area contributed by atoms with Crippen LogP contribution in [0.1, 0.15) is 37.9 Å². The maximum Gasteiger partial charge on any atom is 0.0915 e. The van der Waals surface area contributed by atoms with E-state index in [9.17, 15) is 5.11 Å². The van der Waals surface area contributed by atoms with Crippen LogP contribution < -0.4 is 5.32 Å². The summed E-state index contributed by atoms with van der Waals surface area (Å²) in [7, 11) is 0. The molecule has 1 aromatic rings. The number of allylic oxidation sites excluding steroid dienone is 1. The van der Waals surface area contributed by atoms with Crippen molar-refractivity contribution in [2.45, 2.75) is 38.3 Å². The average molecular weight is 234 g/mol. The second kappa shape index (κ2) is 7.98. The highest BCUT2D eigenvalue weighted by molar-refractivity contribution is 5.13. The minimum absolute atomic E-state index is 0.449. The van der Waals surface area contributed by atoms with E-state index in [2.05, 4.69) is 23.8 Å². The summed E-state index contributed by atoms with van der Waals surface area (Å²) in [6.07, 6.45) is 8.03. The van der Waals surface area contributed by atoms with Gasteiger partial charge in [-0.3, -0.25) is 4.98 Å². The maximum absolute atomic E-state index is 9.98. The summed E-state index contributed by atoms with van der Waals surface area (Å²) in [5.41, 5.74) is 0.908. The standard InChI is InChI=1S/C14H22N2O/c1-3-5-6-13(4-2)16-11-14(17)12-7-9-15-10-8-12/h3,7-10,13-14,16-17H,1,4-6,11H2,2H3. The third kappa shape index (κ3) is 5.11. The number of pyridine rings is 1. The van der Waals surface area contributed by atoms with Crippen LogP contribution >= 0.6 is 0 Å². The van der Waals surface area contributed by atoms with E-state index in [0.29, 0.717) is 12.6 Å². The molecule has 2 atom stereocenters. The van der Waals surface area contributed by atoms with Crippen LogP contribution in [0, 0.1) is 0 Å². The molecule has 0 fully saturated rings. The molecule has 3 nitrogen and oxygen atoms in total. The van der Waals surface area contributed by atoms with Crippen molar-refractivity contribution in [2.24, 2.45) is 0 Å². The van der Waals surface area contributed by atoms with E-state index in [4.69, 9.17) is 0 Å². The van der Waals surface area contributed by atoms with Crippen molar-refractivity contribution in [2.75, 3.05) is 6.54 Å². The molecule has 1 aromatic heterocycles. The first kappa shape index (κ1) is 13.9. The molecule has 2 N–H and O–H groups in total. The van der Waals surface area contributed by atoms with Crippen molar-refractivity contribution in [1.82, 2.24) is 10.3 Å². The van der Waals surface area contributed by atoms with Gasteiger partial charge in [0.2, 0.25) is 0 Å². The van der Waals surface area contributed by atoms with Crippen molar-refractivity contribution in [1.29, 1.82) is 0 Å². The molecule has 1 rings (SSSR count). The summed E-state index contributed by atoms with van der Waals surface area (Å²) < 4.78 is 0. The van der Waals surface area contributed by atoms with E-state index in [-0.39, 0.29) is 0 Å². The van der Waals surface area contributed by atoms with Gasteiger partial charge in [-0.05, 0) is 37.0 Å². The van der Waals surface area contributed by atoms with E-state index in [1.807, 2.05) is 18.2 Å². The highest BCUT2D eigenvalue weighted by Crippen LogP contribution is 2.11. The van der Waals surface area contributed by atoms with Crippen LogP contribution in [0.25, 0.3) is 0 Å². The molecule has 3 heteroatoms. The lowest BCUT2D eigenvalue weighted by molar-refractivity contribution is 0.168. The maximum atomic E-state index is 9.98. The molecule has 0 amide bonds. The SMILES string of the molecule is C=CCCC(CC)NCC(O)c1ccncc1. The summed E-state index contributed by atoms with van der Waals surface area (Å²) in [6, 6.07) is 4.14. The number of rotatable bonds is 8. The fourth-order valence-corrected chi connectivity index (χ4v) is 1.75. The number of aliphatic hydroxyl groups is 1. The van der Waals surface area contributed by atoms with Crippen LogP contribution in [-0.4, -0.2) is 22.7 Å². The van der Waals surface area contributed by atoms with Gasteiger partial charge in [0.25, 0.3) is 0 Å². The van der Waals surface area contributed by atoms with Crippen LogP contribution in [0.2, 0.25) is 0 Å². The molecule has 2 unspecified atom stereocenters. The second-order valence-electron chi connectivity index (χ2n) is 4.18. The molecule has 0 aliphatic heterocycles. The van der Waals surface area contributed by atoms with Gasteiger partial charge in [-0.1, -0.05) is 13.0 Å². The lowest BCUT2D eigenvalue weighted by Gasteiger charge is -2.19. The molecule has 0 aromatic carbocycles. The van der Waals surface area contributed by atoms with Gasteiger partial charge in [-0.2, -0.15) is 0 Å². The van der Waals surface area contributed by atoms with Crippen LogP contribution in [0.3, 0.4) is 0 Å². The zero-order valence-corrected chi connectivity index (χ0v) is 10.5. The number of nitrogens with one attached hydrogen (secondary N) is 1. The van der Waals surface area contributed by atoms with E-state index >= 15 is 0 Å². The van der Waals surface area contributed by atoms with Crippen molar-refractivity contribution in [3.63, 3.8) is 0 Å². The van der Waals surface area contributed by atoms with Crippen molar-refractivity contribution < 1.29 is 5.11 Å². The van der Waals surface area contributed by atoms with E-state index in [1.54, 1.807) is 12.4 Å². The Morgan fingerprint density at radius 1 is 1.47 bits per heavy atom. The van der Waals surface area contributed by atoms with Crippen molar-refractivity contribution in [3.05, 3.63) is 42.7 Å². The summed E-state index contributed by atoms with van der Waals surface area (Å²) >= 11 is 0. The first-order chi connectivity index (χ1) is 8.27. The summed E-state index contributed by atoms with van der Waals surface area (Å²) in [6.45, 7) is 6.46. The lowest BCUT2D eigenvalue weighted by Crippen LogP contribution is -2.32. The monoisotopic (exact) mass is 234 g/mol. The molecule has 94 valence electrons. The topological polar surface area (TPSA) is 45.1 Å². The zero-order chi connectivity index (χ0) is 12.5. The van der Waals surface area contributed by atoms with Gasteiger partial charge in [0, 0.05) is 25.0 Å². The van der Waals surface area contributed by atoms with Gasteiger partial charge >= 0.3 is 0 Å². The van der Waals surface area contributed by atoms with Gasteiger partial charge in [-0.25, -0.2) is 0 Å². The zero-order valence-electron chi connectivity index (χ0n) is 10.5. The number of aliphatic hydroxyl groups excluding tert-OH is 1. The minimum Gasteiger partial charge on any atom is -0.387 e. The highest BCUT2D eigenvalue weighted by atomic mass is 16.3. The molecule has 1 heterocycles. The number of nitrogens with zero attached hydrogens (tertiary/aromatic N) is 1. The fraction of sp³-hybridized carbons (Fsp3) is 0.500. The Morgan fingerprint density at radius 3 is 2.76 bits per heavy atom. The predicted molar refractivity (Wildman–Crippen MR) is 70.7 cm³/mol. The lowest BCUT2D eigenvalue weighted by atomic mass is 10.1. The van der Waals surface area contributed by atoms with Crippen LogP contribution in [0.15, 0.2) is 37.2 Å². The van der Waals surface area contributed by atoms with E-state index in [0.717, 1.165) is 24.8 Å². The fourth-order valence-electron chi connectivity index (χ4n) is 1.75. The Bertz CT molecular complexity index is 313. The molecular formula is C14H22N2O. The highest BCUT2D eigenvalue weighted by Gasteiger charge is 2.10. The molecule has 0 radical (unpaired) electrons. The van der Waals surface area contributed by atoms with Crippen LogP contribution in [-0.2, 0) is 0 Å². The quantitative estimate of drug-likeness (QED) is 0.679. The Kier molecular flexibility index (Phi) is 6.51. The normalized spacial score (nSPS) is 14.2. The van der Waals surface area contributed by atoms with Crippen molar-refractivity contribution in [3.8, 4) is 0 Å². The second-order valence-corrected chi connectivity index (χ2v) is 4.18. The molecule has 0 saturated heterocycles. The Hall–Kier alpha value is -1.19. The minimum atomic E-state index is -0.462. The third-order valence-corrected chi connectivity index (χ3v) is 2.90. The van der Waals surface area contributed by atoms with E-state index in [1.165, 1.54) is 0 Å². The van der Waals surface area contributed by atoms with E-state index < -0.39 is 6.10 Å². The van der Waals surface area contributed by atoms with Gasteiger partial charge in [0.1, 0.15) is 0 Å². The first-order valence-corrected chi connectivity index (χ1v) is 6.20. The van der Waals surface area contributed by atoms with Crippen molar-refractivity contribution >= 4 is 0 Å². The summed E-state index contributed by atoms with van der Waals surface area (Å²) in [5.74, 6) is 0. The molecule has 0 aliphatic rings. The number of aromatic nitrogens is 1. The molecule has 0 spiro atoms. The van der Waals surface area contributed by atoms with Gasteiger partial charge < -0.3 is 10.4 Å². The molecule has 0 aliphatic carbocycles. The third-order valence-electron chi connectivity index (χ3n) is 2.90. The van der Waals surface area contributed by atoms with Crippen LogP contribution in [0.5, 0.6) is 0 Å². The Morgan fingerprint density at radius 2 is 2.18 bits per heavy atom. The predicted octanol–water partition coefficient (Wildman–Crippen LogP) is 2.45. The molecular weight excluding hydrogens is 212 g/mol.